The third kappa shape index (κ3) is 8.42. The van der Waals surface area contributed by atoms with Crippen molar-refractivity contribution in [2.75, 3.05) is 5.75 Å². The molecule has 2 amide bonds. The number of hydrogen-bond donors (Lipinski definition) is 1. The minimum atomic E-state index is -0.638. The number of thioether (sulfide) groups is 1. The quantitative estimate of drug-likeness (QED) is 0.228. The van der Waals surface area contributed by atoms with Gasteiger partial charge in [0.15, 0.2) is 0 Å². The van der Waals surface area contributed by atoms with Crippen LogP contribution >= 0.6 is 11.8 Å². The molecule has 1 N–H and O–H groups in total. The highest BCUT2D eigenvalue weighted by Gasteiger charge is 2.32. The van der Waals surface area contributed by atoms with Crippen LogP contribution in [0.5, 0.6) is 0 Å². The number of carbonyl (C=O) groups is 2. The van der Waals surface area contributed by atoms with Crippen LogP contribution in [-0.4, -0.2) is 39.5 Å². The van der Waals surface area contributed by atoms with Gasteiger partial charge in [0.05, 0.1) is 10.7 Å². The third-order valence-electron chi connectivity index (χ3n) is 7.05. The molecule has 8 heteroatoms. The molecule has 0 spiro atoms. The van der Waals surface area contributed by atoms with E-state index < -0.39 is 11.0 Å². The topological polar surface area (TPSA) is 92.6 Å². The van der Waals surface area contributed by atoms with Crippen molar-refractivity contribution in [1.82, 2.24) is 10.2 Å². The van der Waals surface area contributed by atoms with Gasteiger partial charge in [-0.05, 0) is 36.5 Å². The summed E-state index contributed by atoms with van der Waals surface area (Å²) in [6, 6.07) is 23.8. The van der Waals surface area contributed by atoms with E-state index >= 15 is 0 Å². The van der Waals surface area contributed by atoms with E-state index in [1.54, 1.807) is 17.0 Å². The zero-order valence-corrected chi connectivity index (χ0v) is 23.1. The largest absolute Gasteiger partial charge is 0.352 e. The number of carbonyl (C=O) groups excluding carboxylic acids is 2. The minimum Gasteiger partial charge on any atom is -0.352 e. The lowest BCUT2D eigenvalue weighted by molar-refractivity contribution is -0.384. The van der Waals surface area contributed by atoms with E-state index in [9.17, 15) is 19.7 Å². The van der Waals surface area contributed by atoms with Gasteiger partial charge in [0.1, 0.15) is 6.04 Å². The van der Waals surface area contributed by atoms with Gasteiger partial charge in [0.25, 0.3) is 5.69 Å². The number of amides is 2. The normalized spacial score (nSPS) is 14.1. The SMILES string of the molecule is Cc1cccc(CN(C(=O)CSCc2ccc([N+](=O)[O-])cc2)C(Cc2ccccc2)C(=O)NC2CCCC2)c1. The molecule has 1 aliphatic carbocycles. The number of nitro groups is 1. The van der Waals surface area contributed by atoms with Gasteiger partial charge in [-0.3, -0.25) is 19.7 Å². The molecule has 1 unspecified atom stereocenters. The number of hydrogen-bond acceptors (Lipinski definition) is 5. The summed E-state index contributed by atoms with van der Waals surface area (Å²) in [7, 11) is 0. The molecule has 0 saturated heterocycles. The molecule has 204 valence electrons. The molecular formula is C31H35N3O4S. The smallest absolute Gasteiger partial charge is 0.269 e. The summed E-state index contributed by atoms with van der Waals surface area (Å²) < 4.78 is 0. The fourth-order valence-electron chi connectivity index (χ4n) is 4.98. The van der Waals surface area contributed by atoms with Gasteiger partial charge in [-0.1, -0.05) is 85.1 Å². The molecule has 7 nitrogen and oxygen atoms in total. The molecule has 3 aromatic rings. The van der Waals surface area contributed by atoms with Crippen molar-refractivity contribution in [3.05, 3.63) is 111 Å². The monoisotopic (exact) mass is 545 g/mol. The van der Waals surface area contributed by atoms with Crippen LogP contribution in [0, 0.1) is 17.0 Å². The van der Waals surface area contributed by atoms with Crippen LogP contribution in [-0.2, 0) is 28.3 Å². The predicted molar refractivity (Wildman–Crippen MR) is 155 cm³/mol. The molecular weight excluding hydrogens is 510 g/mol. The Morgan fingerprint density at radius 1 is 0.974 bits per heavy atom. The third-order valence-corrected chi connectivity index (χ3v) is 8.04. The van der Waals surface area contributed by atoms with Crippen LogP contribution < -0.4 is 5.32 Å². The molecule has 1 aliphatic rings. The van der Waals surface area contributed by atoms with Crippen LogP contribution in [0.25, 0.3) is 0 Å². The van der Waals surface area contributed by atoms with E-state index in [-0.39, 0.29) is 29.3 Å². The van der Waals surface area contributed by atoms with Crippen LogP contribution in [0.2, 0.25) is 0 Å². The highest BCUT2D eigenvalue weighted by molar-refractivity contribution is 7.99. The lowest BCUT2D eigenvalue weighted by atomic mass is 10.0. The number of nitrogens with zero attached hydrogens (tertiary/aromatic N) is 2. The van der Waals surface area contributed by atoms with Crippen LogP contribution in [0.4, 0.5) is 5.69 Å². The predicted octanol–water partition coefficient (Wildman–Crippen LogP) is 5.84. The zero-order valence-electron chi connectivity index (χ0n) is 22.3. The molecule has 0 radical (unpaired) electrons. The Balaban J connectivity index is 1.54. The Morgan fingerprint density at radius 3 is 2.33 bits per heavy atom. The first-order valence-electron chi connectivity index (χ1n) is 13.4. The van der Waals surface area contributed by atoms with E-state index in [4.69, 9.17) is 0 Å². The number of benzene rings is 3. The van der Waals surface area contributed by atoms with Gasteiger partial charge in [-0.25, -0.2) is 0 Å². The Morgan fingerprint density at radius 2 is 1.67 bits per heavy atom. The molecule has 1 fully saturated rings. The van der Waals surface area contributed by atoms with E-state index in [0.29, 0.717) is 18.7 Å². The van der Waals surface area contributed by atoms with Gasteiger partial charge in [-0.15, -0.1) is 11.8 Å². The standard InChI is InChI=1S/C31H35N3O4S/c1-23-8-7-11-26(18-23)20-33(30(35)22-39-21-25-14-16-28(17-15-25)34(37)38)29(19-24-9-3-2-4-10-24)31(36)32-27-12-5-6-13-27/h2-4,7-11,14-18,27,29H,5-6,12-13,19-22H2,1H3,(H,32,36). The fraction of sp³-hybridized carbons (Fsp3) is 0.355. The average Bonchev–Trinajstić information content (AvgIpc) is 3.44. The van der Waals surface area contributed by atoms with E-state index in [1.807, 2.05) is 55.5 Å². The van der Waals surface area contributed by atoms with E-state index in [0.717, 1.165) is 47.9 Å². The van der Waals surface area contributed by atoms with Crippen LogP contribution in [0.15, 0.2) is 78.9 Å². The molecule has 0 aliphatic heterocycles. The molecule has 0 aromatic heterocycles. The molecule has 0 heterocycles. The summed E-state index contributed by atoms with van der Waals surface area (Å²) >= 11 is 1.45. The first-order chi connectivity index (χ1) is 18.9. The number of nitrogens with one attached hydrogen (secondary N) is 1. The first-order valence-corrected chi connectivity index (χ1v) is 14.5. The fourth-order valence-corrected chi connectivity index (χ4v) is 5.85. The average molecular weight is 546 g/mol. The summed E-state index contributed by atoms with van der Waals surface area (Å²) in [5.41, 5.74) is 4.03. The lowest BCUT2D eigenvalue weighted by Crippen LogP contribution is -2.52. The highest BCUT2D eigenvalue weighted by atomic mass is 32.2. The van der Waals surface area contributed by atoms with Gasteiger partial charge in [0.2, 0.25) is 11.8 Å². The van der Waals surface area contributed by atoms with Crippen molar-refractivity contribution in [2.45, 2.75) is 63.4 Å². The Hall–Kier alpha value is -3.65. The first kappa shape index (κ1) is 28.4. The van der Waals surface area contributed by atoms with Crippen molar-refractivity contribution >= 4 is 29.3 Å². The molecule has 0 bridgehead atoms. The van der Waals surface area contributed by atoms with Gasteiger partial charge in [-0.2, -0.15) is 0 Å². The maximum atomic E-state index is 13.8. The van der Waals surface area contributed by atoms with Crippen LogP contribution in [0.1, 0.15) is 47.9 Å². The zero-order chi connectivity index (χ0) is 27.6. The summed E-state index contributed by atoms with van der Waals surface area (Å²) in [5, 5.41) is 14.2. The maximum Gasteiger partial charge on any atom is 0.269 e. The van der Waals surface area contributed by atoms with E-state index in [2.05, 4.69) is 11.4 Å². The van der Waals surface area contributed by atoms with E-state index in [1.165, 1.54) is 23.9 Å². The van der Waals surface area contributed by atoms with Crippen molar-refractivity contribution in [1.29, 1.82) is 0 Å². The Bertz CT molecular complexity index is 1260. The highest BCUT2D eigenvalue weighted by Crippen LogP contribution is 2.22. The van der Waals surface area contributed by atoms with Gasteiger partial charge in [0, 0.05) is 36.9 Å². The summed E-state index contributed by atoms with van der Waals surface area (Å²) in [6.07, 6.45) is 4.60. The second-order valence-electron chi connectivity index (χ2n) is 10.1. The molecule has 39 heavy (non-hydrogen) atoms. The maximum absolute atomic E-state index is 13.8. The Kier molecular flexibility index (Phi) is 10.1. The number of nitro benzene ring substituents is 1. The number of non-ortho nitro benzene ring substituents is 1. The number of rotatable bonds is 12. The minimum absolute atomic E-state index is 0.0428. The van der Waals surface area contributed by atoms with Crippen molar-refractivity contribution < 1.29 is 14.5 Å². The molecule has 4 rings (SSSR count). The van der Waals surface area contributed by atoms with Crippen molar-refractivity contribution in [2.24, 2.45) is 0 Å². The molecule has 3 aromatic carbocycles. The van der Waals surface area contributed by atoms with Gasteiger partial charge >= 0.3 is 0 Å². The summed E-state index contributed by atoms with van der Waals surface area (Å²) in [5.74, 6) is 0.530. The lowest BCUT2D eigenvalue weighted by Gasteiger charge is -2.32. The molecule has 1 saturated carbocycles. The molecule has 1 atom stereocenters. The van der Waals surface area contributed by atoms with Crippen molar-refractivity contribution in [3.8, 4) is 0 Å². The van der Waals surface area contributed by atoms with Gasteiger partial charge < -0.3 is 10.2 Å². The van der Waals surface area contributed by atoms with Crippen molar-refractivity contribution in [3.63, 3.8) is 0 Å². The second-order valence-corrected chi connectivity index (χ2v) is 11.1. The van der Waals surface area contributed by atoms with Crippen LogP contribution in [0.3, 0.4) is 0 Å². The summed E-state index contributed by atoms with van der Waals surface area (Å²) in [6.45, 7) is 2.36. The second kappa shape index (κ2) is 13.9. The number of aryl methyl sites for hydroxylation is 1. The summed E-state index contributed by atoms with van der Waals surface area (Å²) in [4.78, 5) is 39.7. The Labute approximate surface area is 234 Å².